The van der Waals surface area contributed by atoms with Crippen LogP contribution in [0.4, 0.5) is 11.4 Å². The number of benzene rings is 2. The predicted molar refractivity (Wildman–Crippen MR) is 126 cm³/mol. The van der Waals surface area contributed by atoms with Crippen LogP contribution in [0.2, 0.25) is 0 Å². The SMILES string of the molecule is O=C(c1cc(NS(=O)(=O)/C=C/c2ccccc2)ccc1N1CCCC1)N1CCCCC1. The molecule has 2 aromatic carbocycles. The summed E-state index contributed by atoms with van der Waals surface area (Å²) in [6, 6.07) is 14.6. The van der Waals surface area contributed by atoms with Gasteiger partial charge in [-0.3, -0.25) is 9.52 Å². The van der Waals surface area contributed by atoms with Crippen molar-refractivity contribution in [3.05, 3.63) is 65.1 Å². The van der Waals surface area contributed by atoms with E-state index < -0.39 is 10.0 Å². The molecule has 2 aliphatic rings. The maximum absolute atomic E-state index is 13.3. The molecule has 6 nitrogen and oxygen atoms in total. The summed E-state index contributed by atoms with van der Waals surface area (Å²) < 4.78 is 27.8. The molecule has 0 bridgehead atoms. The molecule has 7 heteroatoms. The molecule has 0 unspecified atom stereocenters. The number of anilines is 2. The molecule has 4 rings (SSSR count). The number of sulfonamides is 1. The molecule has 0 radical (unpaired) electrons. The maximum Gasteiger partial charge on any atom is 0.256 e. The van der Waals surface area contributed by atoms with Crippen LogP contribution >= 0.6 is 0 Å². The quantitative estimate of drug-likeness (QED) is 0.728. The lowest BCUT2D eigenvalue weighted by molar-refractivity contribution is 0.0725. The highest BCUT2D eigenvalue weighted by Gasteiger charge is 2.25. The summed E-state index contributed by atoms with van der Waals surface area (Å²) in [5.41, 5.74) is 2.69. The van der Waals surface area contributed by atoms with Crippen molar-refractivity contribution < 1.29 is 13.2 Å². The second kappa shape index (κ2) is 9.56. The minimum Gasteiger partial charge on any atom is -0.371 e. The lowest BCUT2D eigenvalue weighted by Crippen LogP contribution is -2.36. The Morgan fingerprint density at radius 1 is 0.871 bits per heavy atom. The van der Waals surface area contributed by atoms with Crippen molar-refractivity contribution in [2.75, 3.05) is 35.8 Å². The van der Waals surface area contributed by atoms with E-state index in [2.05, 4.69) is 9.62 Å². The van der Waals surface area contributed by atoms with E-state index in [0.717, 1.165) is 74.9 Å². The zero-order valence-corrected chi connectivity index (χ0v) is 18.5. The second-order valence-corrected chi connectivity index (χ2v) is 9.71. The highest BCUT2D eigenvalue weighted by molar-refractivity contribution is 7.95. The van der Waals surface area contributed by atoms with E-state index in [-0.39, 0.29) is 5.91 Å². The van der Waals surface area contributed by atoms with Crippen molar-refractivity contribution in [1.29, 1.82) is 0 Å². The fourth-order valence-electron chi connectivity index (χ4n) is 4.20. The van der Waals surface area contributed by atoms with Gasteiger partial charge in [0.25, 0.3) is 15.9 Å². The van der Waals surface area contributed by atoms with Crippen molar-refractivity contribution in [2.45, 2.75) is 32.1 Å². The molecule has 2 fully saturated rings. The fourth-order valence-corrected chi connectivity index (χ4v) is 5.06. The summed E-state index contributed by atoms with van der Waals surface area (Å²) in [6.07, 6.45) is 6.95. The van der Waals surface area contributed by atoms with Gasteiger partial charge in [-0.05, 0) is 61.9 Å². The van der Waals surface area contributed by atoms with Crippen molar-refractivity contribution >= 4 is 33.4 Å². The molecule has 0 saturated carbocycles. The highest BCUT2D eigenvalue weighted by atomic mass is 32.2. The first-order valence-corrected chi connectivity index (χ1v) is 12.5. The highest BCUT2D eigenvalue weighted by Crippen LogP contribution is 2.30. The first-order valence-electron chi connectivity index (χ1n) is 11.0. The Morgan fingerprint density at radius 3 is 2.26 bits per heavy atom. The van der Waals surface area contributed by atoms with E-state index >= 15 is 0 Å². The molecule has 164 valence electrons. The smallest absolute Gasteiger partial charge is 0.256 e. The van der Waals surface area contributed by atoms with Crippen LogP contribution in [-0.4, -0.2) is 45.4 Å². The van der Waals surface area contributed by atoms with Crippen LogP contribution in [0, 0.1) is 0 Å². The molecule has 1 N–H and O–H groups in total. The van der Waals surface area contributed by atoms with Gasteiger partial charge in [-0.2, -0.15) is 0 Å². The molecule has 1 amide bonds. The first-order chi connectivity index (χ1) is 15.0. The average molecular weight is 440 g/mol. The van der Waals surface area contributed by atoms with Crippen molar-refractivity contribution in [1.82, 2.24) is 4.90 Å². The van der Waals surface area contributed by atoms with Crippen LogP contribution in [0.5, 0.6) is 0 Å². The zero-order valence-electron chi connectivity index (χ0n) is 17.7. The Morgan fingerprint density at radius 2 is 1.55 bits per heavy atom. The van der Waals surface area contributed by atoms with Gasteiger partial charge in [0.2, 0.25) is 0 Å². The van der Waals surface area contributed by atoms with E-state index in [1.54, 1.807) is 18.2 Å². The zero-order chi connectivity index (χ0) is 21.7. The van der Waals surface area contributed by atoms with Gasteiger partial charge in [-0.15, -0.1) is 0 Å². The molecule has 0 atom stereocenters. The number of hydrogen-bond donors (Lipinski definition) is 1. The number of carbonyl (C=O) groups excluding carboxylic acids is 1. The largest absolute Gasteiger partial charge is 0.371 e. The number of amides is 1. The van der Waals surface area contributed by atoms with Crippen molar-refractivity contribution in [3.63, 3.8) is 0 Å². The third-order valence-electron chi connectivity index (χ3n) is 5.82. The summed E-state index contributed by atoms with van der Waals surface area (Å²) in [4.78, 5) is 17.4. The Labute approximate surface area is 184 Å². The van der Waals surface area contributed by atoms with Crippen LogP contribution in [0.1, 0.15) is 48.0 Å². The Hall–Kier alpha value is -2.80. The van der Waals surface area contributed by atoms with Crippen LogP contribution < -0.4 is 9.62 Å². The van der Waals surface area contributed by atoms with Gasteiger partial charge >= 0.3 is 0 Å². The molecule has 2 heterocycles. The summed E-state index contributed by atoms with van der Waals surface area (Å²) in [7, 11) is -3.70. The lowest BCUT2D eigenvalue weighted by atomic mass is 10.1. The standard InChI is InChI=1S/C24H29N3O3S/c28-24(27-16-5-2-6-17-27)22-19-21(11-12-23(22)26-14-7-8-15-26)25-31(29,30)18-13-20-9-3-1-4-10-20/h1,3-4,9-13,18-19,25H,2,5-8,14-17H2/b18-13+. The van der Waals surface area contributed by atoms with Crippen molar-refractivity contribution in [2.24, 2.45) is 0 Å². The molecule has 0 spiro atoms. The van der Waals surface area contributed by atoms with Gasteiger partial charge in [0.1, 0.15) is 0 Å². The van der Waals surface area contributed by atoms with Gasteiger partial charge < -0.3 is 9.80 Å². The van der Waals surface area contributed by atoms with Gasteiger partial charge in [-0.1, -0.05) is 30.3 Å². The van der Waals surface area contributed by atoms with E-state index in [4.69, 9.17) is 0 Å². The maximum atomic E-state index is 13.3. The molecular weight excluding hydrogens is 410 g/mol. The topological polar surface area (TPSA) is 69.7 Å². The third kappa shape index (κ3) is 5.47. The molecule has 2 saturated heterocycles. The molecule has 0 aromatic heterocycles. The predicted octanol–water partition coefficient (Wildman–Crippen LogP) is 4.33. The van der Waals surface area contributed by atoms with Gasteiger partial charge in [0.05, 0.1) is 11.0 Å². The van der Waals surface area contributed by atoms with Gasteiger partial charge in [-0.25, -0.2) is 8.42 Å². The Kier molecular flexibility index (Phi) is 6.61. The van der Waals surface area contributed by atoms with E-state index in [1.165, 1.54) is 0 Å². The summed E-state index contributed by atoms with van der Waals surface area (Å²) in [5, 5.41) is 1.16. The lowest BCUT2D eigenvalue weighted by Gasteiger charge is -2.29. The molecule has 31 heavy (non-hydrogen) atoms. The number of piperidine rings is 1. The van der Waals surface area contributed by atoms with E-state index in [9.17, 15) is 13.2 Å². The normalized spacial score (nSPS) is 17.3. The van der Waals surface area contributed by atoms with Crippen molar-refractivity contribution in [3.8, 4) is 0 Å². The number of carbonyl (C=O) groups is 1. The first kappa shape index (κ1) is 21.4. The summed E-state index contributed by atoms with van der Waals surface area (Å²) >= 11 is 0. The number of hydrogen-bond acceptors (Lipinski definition) is 4. The fraction of sp³-hybridized carbons (Fsp3) is 0.375. The summed E-state index contributed by atoms with van der Waals surface area (Å²) in [5.74, 6) is -0.0116. The Balaban J connectivity index is 1.59. The Bertz CT molecular complexity index is 1040. The van der Waals surface area contributed by atoms with Gasteiger partial charge in [0, 0.05) is 37.6 Å². The van der Waals surface area contributed by atoms with E-state index in [1.807, 2.05) is 41.3 Å². The monoisotopic (exact) mass is 439 g/mol. The number of nitrogens with one attached hydrogen (secondary N) is 1. The van der Waals surface area contributed by atoms with Crippen LogP contribution in [-0.2, 0) is 10.0 Å². The molecular formula is C24H29N3O3S. The number of rotatable bonds is 6. The van der Waals surface area contributed by atoms with Crippen LogP contribution in [0.15, 0.2) is 53.9 Å². The van der Waals surface area contributed by atoms with Crippen LogP contribution in [0.25, 0.3) is 6.08 Å². The third-order valence-corrected chi connectivity index (χ3v) is 6.83. The minimum absolute atomic E-state index is 0.0116. The summed E-state index contributed by atoms with van der Waals surface area (Å²) in [6.45, 7) is 3.36. The average Bonchev–Trinajstić information content (AvgIpc) is 3.33. The van der Waals surface area contributed by atoms with Gasteiger partial charge in [0.15, 0.2) is 0 Å². The minimum atomic E-state index is -3.70. The molecule has 2 aromatic rings. The second-order valence-electron chi connectivity index (χ2n) is 8.14. The molecule has 2 aliphatic heterocycles. The molecule has 0 aliphatic carbocycles. The number of likely N-dealkylation sites (tertiary alicyclic amines) is 1. The van der Waals surface area contributed by atoms with E-state index in [0.29, 0.717) is 11.3 Å². The number of nitrogens with zero attached hydrogens (tertiary/aromatic N) is 2. The van der Waals surface area contributed by atoms with Crippen LogP contribution in [0.3, 0.4) is 0 Å².